The molecule has 4 N–H and O–H groups in total. The van der Waals surface area contributed by atoms with Crippen LogP contribution in [0.3, 0.4) is 0 Å². The summed E-state index contributed by atoms with van der Waals surface area (Å²) < 4.78 is 0. The maximum absolute atomic E-state index is 9.85. The van der Waals surface area contributed by atoms with E-state index < -0.39 is 24.4 Å². The van der Waals surface area contributed by atoms with Crippen LogP contribution < -0.4 is 5.73 Å². The number of rotatable bonds is 3. The maximum atomic E-state index is 9.85. The quantitative estimate of drug-likeness (QED) is 0.425. The van der Waals surface area contributed by atoms with Gasteiger partial charge in [0.05, 0.1) is 6.42 Å². The van der Waals surface area contributed by atoms with Crippen molar-refractivity contribution in [2.45, 2.75) is 12.5 Å². The van der Waals surface area contributed by atoms with E-state index in [-0.39, 0.29) is 0 Å². The first-order valence-electron chi connectivity index (χ1n) is 2.24. The number of hydrogen-bond donors (Lipinski definition) is 3. The van der Waals surface area contributed by atoms with Gasteiger partial charge >= 0.3 is 11.9 Å². The summed E-state index contributed by atoms with van der Waals surface area (Å²) in [5, 5.41) is 16.0. The lowest BCUT2D eigenvalue weighted by atomic mass is 10.8. The second-order valence-corrected chi connectivity index (χ2v) is 1.54. The normalized spacial score (nSPS) is 12.6. The van der Waals surface area contributed by atoms with Gasteiger partial charge in [-0.1, -0.05) is 0 Å². The zero-order valence-electron chi connectivity index (χ0n) is 4.57. The molecule has 0 unspecified atom stereocenters. The molecule has 0 heterocycles. The Kier molecular flexibility index (Phi) is 2.66. The topological polar surface area (TPSA) is 101 Å². The van der Waals surface area contributed by atoms with E-state index in [2.05, 4.69) is 0 Å². The minimum atomic E-state index is -1.29. The molecule has 0 radical (unpaired) electrons. The fourth-order valence-electron chi connectivity index (χ4n) is 0.275. The van der Waals surface area contributed by atoms with Crippen molar-refractivity contribution in [3.05, 3.63) is 0 Å². The van der Waals surface area contributed by atoms with Gasteiger partial charge in [0.15, 0.2) is 0 Å². The summed E-state index contributed by atoms with van der Waals surface area (Å²) >= 11 is 0. The highest BCUT2D eigenvalue weighted by atomic mass is 16.4. The highest BCUT2D eigenvalue weighted by Crippen LogP contribution is 1.86. The predicted octanol–water partition coefficient (Wildman–Crippen LogP) is -1.13. The van der Waals surface area contributed by atoms with Gasteiger partial charge in [0, 0.05) is 0 Å². The van der Waals surface area contributed by atoms with Crippen molar-refractivity contribution in [3.8, 4) is 0 Å². The molecule has 0 aromatic rings. The SMILES string of the molecule is N[13C@@H]([13CH2]C(=O)O)C(=O)O. The van der Waals surface area contributed by atoms with E-state index >= 15 is 0 Å². The summed E-state index contributed by atoms with van der Waals surface area (Å²) in [6.07, 6.45) is -0.532. The first-order valence-corrected chi connectivity index (χ1v) is 2.24. The van der Waals surface area contributed by atoms with Gasteiger partial charge in [-0.25, -0.2) is 0 Å². The number of carboxylic acids is 2. The molecule has 0 aromatic heterocycles. The lowest BCUT2D eigenvalue weighted by Crippen LogP contribution is -2.32. The van der Waals surface area contributed by atoms with Crippen LogP contribution in [-0.2, 0) is 9.59 Å². The van der Waals surface area contributed by atoms with Crippen molar-refractivity contribution in [1.82, 2.24) is 0 Å². The average molecular weight is 135 g/mol. The number of carboxylic acid groups (broad SMARTS) is 2. The molecule has 0 aliphatic rings. The van der Waals surface area contributed by atoms with E-state index in [0.29, 0.717) is 0 Å². The second-order valence-electron chi connectivity index (χ2n) is 1.54. The zero-order valence-corrected chi connectivity index (χ0v) is 4.57. The highest BCUT2D eigenvalue weighted by Gasteiger charge is 2.14. The van der Waals surface area contributed by atoms with Gasteiger partial charge in [0.25, 0.3) is 0 Å². The van der Waals surface area contributed by atoms with E-state index in [1.165, 1.54) is 0 Å². The van der Waals surface area contributed by atoms with Crippen molar-refractivity contribution in [2.75, 3.05) is 0 Å². The first-order chi connectivity index (χ1) is 4.04. The molecule has 0 aliphatic carbocycles. The Balaban J connectivity index is 3.63. The molecule has 0 aliphatic heterocycles. The van der Waals surface area contributed by atoms with Gasteiger partial charge in [-0.3, -0.25) is 9.59 Å². The number of hydrogen-bond acceptors (Lipinski definition) is 3. The van der Waals surface area contributed by atoms with Gasteiger partial charge in [0.2, 0.25) is 0 Å². The third-order valence-corrected chi connectivity index (χ3v) is 0.712. The highest BCUT2D eigenvalue weighted by molar-refractivity contribution is 5.80. The number of carbonyl (C=O) groups is 2. The fourth-order valence-corrected chi connectivity index (χ4v) is 0.275. The maximum Gasteiger partial charge on any atom is 0.321 e. The molecular formula is C4H7NO4. The van der Waals surface area contributed by atoms with Gasteiger partial charge in [0.1, 0.15) is 6.04 Å². The van der Waals surface area contributed by atoms with Gasteiger partial charge in [-0.2, -0.15) is 0 Å². The lowest BCUT2D eigenvalue weighted by molar-refractivity contribution is -0.144. The summed E-state index contributed by atoms with van der Waals surface area (Å²) in [5.41, 5.74) is 4.84. The Labute approximate surface area is 51.1 Å². The minimum Gasteiger partial charge on any atom is -0.481 e. The van der Waals surface area contributed by atoms with Crippen LogP contribution in [-0.4, -0.2) is 28.2 Å². The van der Waals surface area contributed by atoms with Crippen molar-refractivity contribution < 1.29 is 19.8 Å². The molecule has 9 heavy (non-hydrogen) atoms. The molecule has 0 rings (SSSR count). The van der Waals surface area contributed by atoms with Gasteiger partial charge < -0.3 is 15.9 Å². The minimum absolute atomic E-state index is 0.532. The summed E-state index contributed by atoms with van der Waals surface area (Å²) in [6.45, 7) is 0. The summed E-state index contributed by atoms with van der Waals surface area (Å²) in [5.74, 6) is -2.50. The molecule has 52 valence electrons. The van der Waals surface area contributed by atoms with Gasteiger partial charge in [-0.05, 0) is 0 Å². The third kappa shape index (κ3) is 3.48. The van der Waals surface area contributed by atoms with Crippen LogP contribution >= 0.6 is 0 Å². The smallest absolute Gasteiger partial charge is 0.321 e. The van der Waals surface area contributed by atoms with Crippen LogP contribution in [0.25, 0.3) is 0 Å². The zero-order chi connectivity index (χ0) is 7.44. The summed E-state index contributed by atoms with van der Waals surface area (Å²) in [4.78, 5) is 19.6. The molecule has 0 fully saturated rings. The molecule has 1 atom stereocenters. The molecule has 5 nitrogen and oxygen atoms in total. The van der Waals surface area contributed by atoms with E-state index in [1.807, 2.05) is 0 Å². The van der Waals surface area contributed by atoms with E-state index in [0.717, 1.165) is 0 Å². The van der Waals surface area contributed by atoms with Crippen molar-refractivity contribution in [2.24, 2.45) is 5.73 Å². The van der Waals surface area contributed by atoms with E-state index in [4.69, 9.17) is 15.9 Å². The lowest BCUT2D eigenvalue weighted by Gasteiger charge is -1.99. The standard InChI is InChI=1S/C4H7NO4/c5-2(4(8)9)1-3(6)7/h2H,1,5H2,(H,6,7)(H,8,9)/t2-/m0/s1/i1+1,2+1. The number of aliphatic carboxylic acids is 2. The van der Waals surface area contributed by atoms with E-state index in [9.17, 15) is 9.59 Å². The molecule has 0 amide bonds. The Morgan fingerprint density at radius 3 is 2.00 bits per heavy atom. The predicted molar refractivity (Wildman–Crippen MR) is 27.9 cm³/mol. The van der Waals surface area contributed by atoms with E-state index in [1.54, 1.807) is 0 Å². The molecular weight excluding hydrogens is 128 g/mol. The monoisotopic (exact) mass is 135 g/mol. The molecule has 0 saturated heterocycles. The third-order valence-electron chi connectivity index (χ3n) is 0.712. The molecule has 0 spiro atoms. The van der Waals surface area contributed by atoms with Crippen LogP contribution in [0, 0.1) is 0 Å². The second kappa shape index (κ2) is 3.03. The van der Waals surface area contributed by atoms with Crippen LogP contribution in [0.15, 0.2) is 0 Å². The Morgan fingerprint density at radius 1 is 1.44 bits per heavy atom. The van der Waals surface area contributed by atoms with Crippen molar-refractivity contribution >= 4 is 11.9 Å². The van der Waals surface area contributed by atoms with Gasteiger partial charge in [-0.15, -0.1) is 0 Å². The van der Waals surface area contributed by atoms with Crippen LogP contribution in [0.4, 0.5) is 0 Å². The Morgan fingerprint density at radius 2 is 1.89 bits per heavy atom. The van der Waals surface area contributed by atoms with Crippen molar-refractivity contribution in [3.63, 3.8) is 0 Å². The average Bonchev–Trinajstić information content (AvgIpc) is 1.63. The van der Waals surface area contributed by atoms with Crippen LogP contribution in [0.5, 0.6) is 0 Å². The van der Waals surface area contributed by atoms with Crippen molar-refractivity contribution in [1.29, 1.82) is 0 Å². The molecule has 0 saturated carbocycles. The summed E-state index contributed by atoms with van der Waals surface area (Å²) in [6, 6.07) is -1.29. The molecule has 0 aromatic carbocycles. The molecule has 0 bridgehead atoms. The number of nitrogens with two attached hydrogens (primary N) is 1. The fraction of sp³-hybridized carbons (Fsp3) is 0.500. The summed E-state index contributed by atoms with van der Waals surface area (Å²) in [7, 11) is 0. The first kappa shape index (κ1) is 7.90. The molecule has 5 heteroatoms. The Bertz CT molecular complexity index is 133. The van der Waals surface area contributed by atoms with Crippen LogP contribution in [0.2, 0.25) is 0 Å². The largest absolute Gasteiger partial charge is 0.481 e. The van der Waals surface area contributed by atoms with Crippen LogP contribution in [0.1, 0.15) is 6.42 Å². The Hall–Kier alpha value is -1.10.